The Bertz CT molecular complexity index is 600. The van der Waals surface area contributed by atoms with E-state index in [-0.39, 0.29) is 0 Å². The molecular weight excluding hydrogens is 222 g/mol. The number of amides is 1. The highest BCUT2D eigenvalue weighted by Crippen LogP contribution is 2.27. The highest BCUT2D eigenvalue weighted by molar-refractivity contribution is 5.92. The van der Waals surface area contributed by atoms with Gasteiger partial charge in [-0.1, -0.05) is 48.5 Å². The van der Waals surface area contributed by atoms with Crippen LogP contribution in [0.2, 0.25) is 0 Å². The van der Waals surface area contributed by atoms with Gasteiger partial charge in [-0.3, -0.25) is 4.79 Å². The minimum Gasteiger partial charge on any atom is -0.366 e. The van der Waals surface area contributed by atoms with E-state index < -0.39 is 5.91 Å². The van der Waals surface area contributed by atoms with E-state index in [9.17, 15) is 4.79 Å². The molecule has 0 saturated carbocycles. The zero-order chi connectivity index (χ0) is 13.0. The van der Waals surface area contributed by atoms with Crippen molar-refractivity contribution in [1.29, 1.82) is 0 Å². The van der Waals surface area contributed by atoms with Gasteiger partial charge in [0, 0.05) is 6.08 Å². The molecule has 2 heteroatoms. The van der Waals surface area contributed by atoms with Crippen LogP contribution in [0.4, 0.5) is 0 Å². The second-order valence-electron chi connectivity index (χ2n) is 4.14. The van der Waals surface area contributed by atoms with Crippen LogP contribution in [0.25, 0.3) is 17.2 Å². The van der Waals surface area contributed by atoms with Crippen LogP contribution in [0.3, 0.4) is 0 Å². The molecule has 0 unspecified atom stereocenters. The molecule has 0 heterocycles. The molecule has 2 N–H and O–H groups in total. The van der Waals surface area contributed by atoms with Crippen molar-refractivity contribution in [3.8, 4) is 11.1 Å². The quantitative estimate of drug-likeness (QED) is 0.819. The molecule has 2 aromatic carbocycles. The fourth-order valence-electron chi connectivity index (χ4n) is 1.93. The summed E-state index contributed by atoms with van der Waals surface area (Å²) in [7, 11) is 0. The molecule has 2 nitrogen and oxygen atoms in total. The summed E-state index contributed by atoms with van der Waals surface area (Å²) in [6.07, 6.45) is 3.14. The van der Waals surface area contributed by atoms with E-state index in [0.29, 0.717) is 0 Å². The fraction of sp³-hybridized carbons (Fsp3) is 0.0625. The maximum absolute atomic E-state index is 10.8. The lowest BCUT2D eigenvalue weighted by molar-refractivity contribution is -0.113. The third-order valence-electron chi connectivity index (χ3n) is 2.82. The summed E-state index contributed by atoms with van der Waals surface area (Å²) in [6, 6.07) is 16.1. The molecule has 2 rings (SSSR count). The first-order valence-corrected chi connectivity index (χ1v) is 5.81. The van der Waals surface area contributed by atoms with Crippen LogP contribution in [-0.4, -0.2) is 5.91 Å². The average molecular weight is 237 g/mol. The summed E-state index contributed by atoms with van der Waals surface area (Å²) in [5, 5.41) is 0. The Morgan fingerprint density at radius 3 is 2.28 bits per heavy atom. The SMILES string of the molecule is Cc1ccccc1-c1ccccc1/C=C/C(N)=O. The van der Waals surface area contributed by atoms with Gasteiger partial charge in [0.15, 0.2) is 0 Å². The zero-order valence-corrected chi connectivity index (χ0v) is 10.3. The fourth-order valence-corrected chi connectivity index (χ4v) is 1.93. The molecule has 0 spiro atoms. The van der Waals surface area contributed by atoms with Gasteiger partial charge in [-0.2, -0.15) is 0 Å². The van der Waals surface area contributed by atoms with Crippen molar-refractivity contribution in [2.75, 3.05) is 0 Å². The van der Waals surface area contributed by atoms with Crippen molar-refractivity contribution in [3.63, 3.8) is 0 Å². The highest BCUT2D eigenvalue weighted by atomic mass is 16.1. The average Bonchev–Trinajstić information content (AvgIpc) is 2.37. The van der Waals surface area contributed by atoms with Crippen LogP contribution < -0.4 is 5.73 Å². The van der Waals surface area contributed by atoms with Gasteiger partial charge in [0.05, 0.1) is 0 Å². The Labute approximate surface area is 107 Å². The second kappa shape index (κ2) is 5.32. The number of aryl methyl sites for hydroxylation is 1. The molecule has 90 valence electrons. The van der Waals surface area contributed by atoms with Crippen LogP contribution >= 0.6 is 0 Å². The van der Waals surface area contributed by atoms with Crippen LogP contribution in [0.5, 0.6) is 0 Å². The predicted molar refractivity (Wildman–Crippen MR) is 74.8 cm³/mol. The lowest BCUT2D eigenvalue weighted by Crippen LogP contribution is -2.05. The number of rotatable bonds is 3. The van der Waals surface area contributed by atoms with Crippen LogP contribution in [0.1, 0.15) is 11.1 Å². The molecule has 0 aliphatic carbocycles. The Morgan fingerprint density at radius 2 is 1.61 bits per heavy atom. The van der Waals surface area contributed by atoms with Gasteiger partial charge >= 0.3 is 0 Å². The molecule has 1 amide bonds. The summed E-state index contributed by atoms with van der Waals surface area (Å²) in [5.74, 6) is -0.436. The van der Waals surface area contributed by atoms with Gasteiger partial charge in [-0.15, -0.1) is 0 Å². The smallest absolute Gasteiger partial charge is 0.241 e. The lowest BCUT2D eigenvalue weighted by atomic mass is 9.96. The minimum absolute atomic E-state index is 0.436. The van der Waals surface area contributed by atoms with Crippen molar-refractivity contribution in [1.82, 2.24) is 0 Å². The maximum Gasteiger partial charge on any atom is 0.241 e. The largest absolute Gasteiger partial charge is 0.366 e. The molecule has 0 aromatic heterocycles. The Hall–Kier alpha value is -2.35. The van der Waals surface area contributed by atoms with Crippen molar-refractivity contribution < 1.29 is 4.79 Å². The van der Waals surface area contributed by atoms with Gasteiger partial charge in [0.2, 0.25) is 5.91 Å². The van der Waals surface area contributed by atoms with Crippen molar-refractivity contribution in [2.24, 2.45) is 5.73 Å². The summed E-state index contributed by atoms with van der Waals surface area (Å²) in [6.45, 7) is 2.07. The first-order valence-electron chi connectivity index (χ1n) is 5.81. The van der Waals surface area contributed by atoms with E-state index in [0.717, 1.165) is 11.1 Å². The topological polar surface area (TPSA) is 43.1 Å². The van der Waals surface area contributed by atoms with E-state index in [1.54, 1.807) is 6.08 Å². The summed E-state index contributed by atoms with van der Waals surface area (Å²) >= 11 is 0. The van der Waals surface area contributed by atoms with Crippen LogP contribution in [-0.2, 0) is 4.79 Å². The van der Waals surface area contributed by atoms with Crippen molar-refractivity contribution in [3.05, 3.63) is 65.7 Å². The van der Waals surface area contributed by atoms with E-state index in [1.807, 2.05) is 36.4 Å². The van der Waals surface area contributed by atoms with Gasteiger partial charge in [0.25, 0.3) is 0 Å². The first kappa shape index (κ1) is 12.1. The minimum atomic E-state index is -0.436. The number of hydrogen-bond donors (Lipinski definition) is 1. The van der Waals surface area contributed by atoms with Gasteiger partial charge in [-0.05, 0) is 35.3 Å². The third kappa shape index (κ3) is 2.66. The predicted octanol–water partition coefficient (Wildman–Crippen LogP) is 3.16. The van der Waals surface area contributed by atoms with E-state index in [2.05, 4.69) is 19.1 Å². The Morgan fingerprint density at radius 1 is 1.00 bits per heavy atom. The number of hydrogen-bond acceptors (Lipinski definition) is 1. The molecule has 0 atom stereocenters. The van der Waals surface area contributed by atoms with Crippen molar-refractivity contribution >= 4 is 12.0 Å². The molecule has 0 fully saturated rings. The van der Waals surface area contributed by atoms with Gasteiger partial charge in [-0.25, -0.2) is 0 Å². The highest BCUT2D eigenvalue weighted by Gasteiger charge is 2.04. The number of nitrogens with two attached hydrogens (primary N) is 1. The summed E-state index contributed by atoms with van der Waals surface area (Å²) < 4.78 is 0. The first-order chi connectivity index (χ1) is 8.68. The molecule has 0 aliphatic rings. The molecular formula is C16H15NO. The maximum atomic E-state index is 10.8. The zero-order valence-electron chi connectivity index (χ0n) is 10.3. The molecule has 18 heavy (non-hydrogen) atoms. The van der Waals surface area contributed by atoms with Crippen molar-refractivity contribution in [2.45, 2.75) is 6.92 Å². The number of primary amides is 1. The summed E-state index contributed by atoms with van der Waals surface area (Å²) in [5.41, 5.74) is 9.60. The van der Waals surface area contributed by atoms with E-state index >= 15 is 0 Å². The second-order valence-corrected chi connectivity index (χ2v) is 4.14. The normalized spacial score (nSPS) is 10.7. The number of carbonyl (C=O) groups is 1. The molecule has 0 radical (unpaired) electrons. The Kier molecular flexibility index (Phi) is 3.58. The van der Waals surface area contributed by atoms with E-state index in [4.69, 9.17) is 5.73 Å². The molecule has 0 aliphatic heterocycles. The van der Waals surface area contributed by atoms with Crippen LogP contribution in [0.15, 0.2) is 54.6 Å². The standard InChI is InChI=1S/C16H15NO/c1-12-6-2-4-8-14(12)15-9-5-3-7-13(15)10-11-16(17)18/h2-11H,1H3,(H2,17,18)/b11-10+. The molecule has 0 saturated heterocycles. The molecule has 2 aromatic rings. The number of benzene rings is 2. The van der Waals surface area contributed by atoms with Crippen LogP contribution in [0, 0.1) is 6.92 Å². The van der Waals surface area contributed by atoms with Gasteiger partial charge in [0.1, 0.15) is 0 Å². The monoisotopic (exact) mass is 237 g/mol. The summed E-state index contributed by atoms with van der Waals surface area (Å²) in [4.78, 5) is 10.8. The Balaban J connectivity index is 2.52. The lowest BCUT2D eigenvalue weighted by Gasteiger charge is -2.09. The third-order valence-corrected chi connectivity index (χ3v) is 2.82. The van der Waals surface area contributed by atoms with E-state index in [1.165, 1.54) is 17.2 Å². The molecule has 0 bridgehead atoms. The van der Waals surface area contributed by atoms with Gasteiger partial charge < -0.3 is 5.73 Å². The number of carbonyl (C=O) groups excluding carboxylic acids is 1.